The van der Waals surface area contributed by atoms with Crippen molar-refractivity contribution in [2.45, 2.75) is 70.4 Å². The van der Waals surface area contributed by atoms with E-state index >= 15 is 0 Å². The minimum Gasteiger partial charge on any atom is -0.381 e. The Hall–Kier alpha value is -0.120. The van der Waals surface area contributed by atoms with Gasteiger partial charge in [-0.3, -0.25) is 4.90 Å². The van der Waals surface area contributed by atoms with Crippen LogP contribution in [-0.4, -0.2) is 48.8 Å². The van der Waals surface area contributed by atoms with E-state index in [1.807, 2.05) is 0 Å². The molecule has 1 aliphatic carbocycles. The zero-order valence-electron chi connectivity index (χ0n) is 14.3. The predicted octanol–water partition coefficient (Wildman–Crippen LogP) is 3.05. The highest BCUT2D eigenvalue weighted by Crippen LogP contribution is 2.46. The van der Waals surface area contributed by atoms with Crippen LogP contribution in [0.1, 0.15) is 59.3 Å². The van der Waals surface area contributed by atoms with Gasteiger partial charge >= 0.3 is 0 Å². The molecule has 0 aromatic carbocycles. The van der Waals surface area contributed by atoms with Crippen LogP contribution in [0, 0.1) is 11.8 Å². The van der Waals surface area contributed by atoms with Crippen molar-refractivity contribution in [3.63, 3.8) is 0 Å². The molecule has 2 aliphatic heterocycles. The van der Waals surface area contributed by atoms with Gasteiger partial charge in [0.25, 0.3) is 0 Å². The Labute approximate surface area is 130 Å². The van der Waals surface area contributed by atoms with Gasteiger partial charge in [0.1, 0.15) is 0 Å². The maximum Gasteiger partial charge on any atom is 0.0469 e. The molecule has 0 radical (unpaired) electrons. The summed E-state index contributed by atoms with van der Waals surface area (Å²) in [6.07, 6.45) is 7.89. The SMILES string of the molecule is CCC1(CC)CN(CC2CCOCC2)C(C)(C2CC2)CN1. The van der Waals surface area contributed by atoms with Gasteiger partial charge in [-0.05, 0) is 57.3 Å². The molecule has 1 N–H and O–H groups in total. The number of hydrogen-bond acceptors (Lipinski definition) is 3. The number of piperazine rings is 1. The molecule has 122 valence electrons. The Morgan fingerprint density at radius 3 is 2.33 bits per heavy atom. The molecule has 0 amide bonds. The highest BCUT2D eigenvalue weighted by Gasteiger charge is 2.51. The van der Waals surface area contributed by atoms with Crippen LogP contribution in [0.2, 0.25) is 0 Å². The molecule has 21 heavy (non-hydrogen) atoms. The Morgan fingerprint density at radius 1 is 1.10 bits per heavy atom. The largest absolute Gasteiger partial charge is 0.381 e. The number of ether oxygens (including phenoxy) is 1. The highest BCUT2D eigenvalue weighted by molar-refractivity contribution is 5.08. The van der Waals surface area contributed by atoms with E-state index in [1.165, 1.54) is 58.2 Å². The van der Waals surface area contributed by atoms with E-state index in [4.69, 9.17) is 4.74 Å². The van der Waals surface area contributed by atoms with Crippen molar-refractivity contribution in [1.82, 2.24) is 10.2 Å². The molecule has 1 atom stereocenters. The summed E-state index contributed by atoms with van der Waals surface area (Å²) in [6, 6.07) is 0. The summed E-state index contributed by atoms with van der Waals surface area (Å²) in [7, 11) is 0. The molecule has 0 bridgehead atoms. The monoisotopic (exact) mass is 294 g/mol. The molecule has 0 aromatic rings. The standard InChI is InChI=1S/C18H34N2O/c1-4-18(5-2)14-20(12-15-8-10-21-11-9-15)17(3,13-19-18)16-6-7-16/h15-16,19H,4-14H2,1-3H3. The van der Waals surface area contributed by atoms with E-state index in [0.717, 1.165) is 25.0 Å². The fraction of sp³-hybridized carbons (Fsp3) is 1.00. The zero-order valence-corrected chi connectivity index (χ0v) is 14.3. The Balaban J connectivity index is 1.72. The van der Waals surface area contributed by atoms with Crippen LogP contribution in [0.4, 0.5) is 0 Å². The summed E-state index contributed by atoms with van der Waals surface area (Å²) in [6.45, 7) is 12.9. The molecule has 2 saturated heterocycles. The van der Waals surface area contributed by atoms with E-state index in [0.29, 0.717) is 11.1 Å². The average Bonchev–Trinajstić information content (AvgIpc) is 3.36. The molecular weight excluding hydrogens is 260 g/mol. The zero-order chi connectivity index (χ0) is 14.9. The van der Waals surface area contributed by atoms with Gasteiger partial charge in [-0.1, -0.05) is 13.8 Å². The van der Waals surface area contributed by atoms with Crippen LogP contribution in [0.3, 0.4) is 0 Å². The van der Waals surface area contributed by atoms with Gasteiger partial charge < -0.3 is 10.1 Å². The lowest BCUT2D eigenvalue weighted by Crippen LogP contribution is -2.70. The van der Waals surface area contributed by atoms with Crippen LogP contribution in [0.15, 0.2) is 0 Å². The summed E-state index contributed by atoms with van der Waals surface area (Å²) < 4.78 is 5.55. The van der Waals surface area contributed by atoms with E-state index < -0.39 is 0 Å². The maximum absolute atomic E-state index is 5.55. The van der Waals surface area contributed by atoms with Gasteiger partial charge in [-0.2, -0.15) is 0 Å². The molecule has 0 spiro atoms. The lowest BCUT2D eigenvalue weighted by molar-refractivity contribution is -0.0283. The van der Waals surface area contributed by atoms with Gasteiger partial charge in [0.05, 0.1) is 0 Å². The highest BCUT2D eigenvalue weighted by atomic mass is 16.5. The molecule has 2 heterocycles. The van der Waals surface area contributed by atoms with Crippen LogP contribution in [-0.2, 0) is 4.74 Å². The Bertz CT molecular complexity index is 345. The fourth-order valence-electron chi connectivity index (χ4n) is 4.43. The average molecular weight is 294 g/mol. The molecule has 3 fully saturated rings. The third-order valence-electron chi connectivity index (χ3n) is 6.67. The van der Waals surface area contributed by atoms with E-state index in [9.17, 15) is 0 Å². The molecule has 1 unspecified atom stereocenters. The molecule has 3 rings (SSSR count). The maximum atomic E-state index is 5.55. The summed E-state index contributed by atoms with van der Waals surface area (Å²) in [5.41, 5.74) is 0.742. The van der Waals surface area contributed by atoms with Crippen LogP contribution in [0.25, 0.3) is 0 Å². The predicted molar refractivity (Wildman–Crippen MR) is 87.6 cm³/mol. The van der Waals surface area contributed by atoms with Gasteiger partial charge in [-0.25, -0.2) is 0 Å². The van der Waals surface area contributed by atoms with Gasteiger partial charge in [0, 0.05) is 43.9 Å². The third kappa shape index (κ3) is 3.16. The summed E-state index contributed by atoms with van der Waals surface area (Å²) in [5, 5.41) is 3.94. The topological polar surface area (TPSA) is 24.5 Å². The summed E-state index contributed by atoms with van der Waals surface area (Å²) in [4.78, 5) is 2.88. The summed E-state index contributed by atoms with van der Waals surface area (Å²) in [5.74, 6) is 1.78. The van der Waals surface area contributed by atoms with Crippen LogP contribution < -0.4 is 5.32 Å². The normalized spacial score (nSPS) is 35.0. The van der Waals surface area contributed by atoms with Crippen molar-refractivity contribution in [3.8, 4) is 0 Å². The van der Waals surface area contributed by atoms with Crippen LogP contribution >= 0.6 is 0 Å². The number of hydrogen-bond donors (Lipinski definition) is 1. The van der Waals surface area contributed by atoms with E-state index in [-0.39, 0.29) is 0 Å². The first-order valence-electron chi connectivity index (χ1n) is 9.20. The number of nitrogens with zero attached hydrogens (tertiary/aromatic N) is 1. The van der Waals surface area contributed by atoms with Gasteiger partial charge in [0.2, 0.25) is 0 Å². The first-order chi connectivity index (χ1) is 10.1. The van der Waals surface area contributed by atoms with Crippen molar-refractivity contribution in [1.29, 1.82) is 0 Å². The Morgan fingerprint density at radius 2 is 1.76 bits per heavy atom. The third-order valence-corrected chi connectivity index (χ3v) is 6.67. The van der Waals surface area contributed by atoms with Gasteiger partial charge in [0.15, 0.2) is 0 Å². The smallest absolute Gasteiger partial charge is 0.0469 e. The van der Waals surface area contributed by atoms with Crippen molar-refractivity contribution in [3.05, 3.63) is 0 Å². The second kappa shape index (κ2) is 6.17. The Kier molecular flexibility index (Phi) is 4.63. The van der Waals surface area contributed by atoms with Crippen molar-refractivity contribution >= 4 is 0 Å². The number of rotatable bonds is 5. The minimum atomic E-state index is 0.347. The van der Waals surface area contributed by atoms with Crippen LogP contribution in [0.5, 0.6) is 0 Å². The van der Waals surface area contributed by atoms with Crippen molar-refractivity contribution in [2.24, 2.45) is 11.8 Å². The minimum absolute atomic E-state index is 0.347. The number of nitrogens with one attached hydrogen (secondary N) is 1. The first-order valence-corrected chi connectivity index (χ1v) is 9.20. The van der Waals surface area contributed by atoms with Crippen molar-refractivity contribution < 1.29 is 4.74 Å². The summed E-state index contributed by atoms with van der Waals surface area (Å²) >= 11 is 0. The molecule has 0 aromatic heterocycles. The van der Waals surface area contributed by atoms with E-state index in [2.05, 4.69) is 31.0 Å². The molecule has 1 saturated carbocycles. The second-order valence-corrected chi connectivity index (χ2v) is 7.91. The quantitative estimate of drug-likeness (QED) is 0.843. The fourth-order valence-corrected chi connectivity index (χ4v) is 4.43. The molecule has 3 nitrogen and oxygen atoms in total. The van der Waals surface area contributed by atoms with E-state index in [1.54, 1.807) is 0 Å². The molecule has 3 heteroatoms. The second-order valence-electron chi connectivity index (χ2n) is 7.91. The molecule has 3 aliphatic rings. The lowest BCUT2D eigenvalue weighted by Gasteiger charge is -2.54. The van der Waals surface area contributed by atoms with Crippen molar-refractivity contribution in [2.75, 3.05) is 32.8 Å². The van der Waals surface area contributed by atoms with Gasteiger partial charge in [-0.15, -0.1) is 0 Å². The molecular formula is C18H34N2O. The first kappa shape index (κ1) is 15.8. The lowest BCUT2D eigenvalue weighted by atomic mass is 9.81.